The van der Waals surface area contributed by atoms with Crippen LogP contribution in [0.25, 0.3) is 5.69 Å². The molecule has 0 spiro atoms. The fourth-order valence-electron chi connectivity index (χ4n) is 2.51. The number of halogens is 5. The first-order valence-electron chi connectivity index (χ1n) is 8.23. The molecule has 1 heterocycles. The maximum absolute atomic E-state index is 13.0. The van der Waals surface area contributed by atoms with E-state index in [1.807, 2.05) is 4.72 Å². The minimum atomic E-state index is -4.63. The van der Waals surface area contributed by atoms with Crippen LogP contribution in [-0.4, -0.2) is 31.0 Å². The average molecular weight is 539 g/mol. The Kier molecular flexibility index (Phi) is 6.35. The minimum absolute atomic E-state index is 0.00947. The number of hydrogen-bond donors (Lipinski definition) is 1. The molecular formula is C18H12BrClF3N3O4S. The van der Waals surface area contributed by atoms with Crippen LogP contribution in [0, 0.1) is 0 Å². The normalized spacial score (nSPS) is 11.9. The lowest BCUT2D eigenvalue weighted by molar-refractivity contribution is -0.137. The summed E-state index contributed by atoms with van der Waals surface area (Å²) < 4.78 is 72.3. The van der Waals surface area contributed by atoms with Crippen molar-refractivity contribution in [3.8, 4) is 11.4 Å². The Morgan fingerprint density at radius 1 is 1.23 bits per heavy atom. The lowest BCUT2D eigenvalue weighted by atomic mass is 10.2. The zero-order chi connectivity index (χ0) is 23.0. The van der Waals surface area contributed by atoms with Crippen LogP contribution in [0.5, 0.6) is 5.75 Å². The average Bonchev–Trinajstić information content (AvgIpc) is 3.17. The van der Waals surface area contributed by atoms with Crippen molar-refractivity contribution in [3.05, 3.63) is 69.7 Å². The number of imidazole rings is 1. The van der Waals surface area contributed by atoms with Crippen molar-refractivity contribution in [1.82, 2.24) is 14.3 Å². The monoisotopic (exact) mass is 537 g/mol. The lowest BCUT2D eigenvalue weighted by Crippen LogP contribution is -2.31. The van der Waals surface area contributed by atoms with Crippen LogP contribution in [0.1, 0.15) is 16.1 Å². The zero-order valence-corrected chi connectivity index (χ0v) is 18.6. The molecular weight excluding hydrogens is 527 g/mol. The van der Waals surface area contributed by atoms with E-state index in [4.69, 9.17) is 16.3 Å². The van der Waals surface area contributed by atoms with Crippen molar-refractivity contribution >= 4 is 43.5 Å². The maximum Gasteiger partial charge on any atom is 0.416 e. The number of nitrogens with one attached hydrogen (secondary N) is 1. The number of alkyl halides is 3. The predicted octanol–water partition coefficient (Wildman–Crippen LogP) is 4.43. The van der Waals surface area contributed by atoms with E-state index in [1.165, 1.54) is 31.4 Å². The Hall–Kier alpha value is -2.57. The topological polar surface area (TPSA) is 90.3 Å². The Morgan fingerprint density at radius 2 is 1.94 bits per heavy atom. The molecule has 31 heavy (non-hydrogen) atoms. The molecule has 0 atom stereocenters. The van der Waals surface area contributed by atoms with Gasteiger partial charge in [0.1, 0.15) is 22.7 Å². The van der Waals surface area contributed by atoms with Crippen molar-refractivity contribution < 1.29 is 31.1 Å². The molecule has 0 fully saturated rings. The first-order chi connectivity index (χ1) is 14.4. The third-order valence-corrected chi connectivity index (χ3v) is 6.52. The molecule has 0 bridgehead atoms. The third kappa shape index (κ3) is 5.20. The second-order valence-electron chi connectivity index (χ2n) is 6.09. The highest BCUT2D eigenvalue weighted by Crippen LogP contribution is 2.33. The summed E-state index contributed by atoms with van der Waals surface area (Å²) in [6, 6.07) is 6.98. The highest BCUT2D eigenvalue weighted by Gasteiger charge is 2.31. The zero-order valence-electron chi connectivity index (χ0n) is 15.4. The molecule has 2 aromatic carbocycles. The van der Waals surface area contributed by atoms with Crippen molar-refractivity contribution in [2.75, 3.05) is 7.11 Å². The van der Waals surface area contributed by atoms with Gasteiger partial charge < -0.3 is 9.30 Å². The van der Waals surface area contributed by atoms with Crippen LogP contribution in [0.15, 0.2) is 58.3 Å². The van der Waals surface area contributed by atoms with Gasteiger partial charge in [0.15, 0.2) is 0 Å². The Balaban J connectivity index is 1.88. The number of rotatable bonds is 5. The Morgan fingerprint density at radius 3 is 2.58 bits per heavy atom. The summed E-state index contributed by atoms with van der Waals surface area (Å²) in [5.74, 6) is -0.826. The van der Waals surface area contributed by atoms with Gasteiger partial charge in [-0.1, -0.05) is 11.6 Å². The number of aromatic nitrogens is 2. The smallest absolute Gasteiger partial charge is 0.416 e. The van der Waals surface area contributed by atoms with Crippen molar-refractivity contribution in [2.45, 2.75) is 11.1 Å². The molecule has 0 radical (unpaired) electrons. The standard InChI is InChI=1S/C18H12BrClF3N3O4S/c1-30-13-2-3-14(19)16(7-13)31(28,29)25-17(27)15-8-26(9-24-15)12-5-10(18(21,22)23)4-11(20)6-12/h2-9H,1H3,(H,25,27). The molecule has 0 unspecified atom stereocenters. The minimum Gasteiger partial charge on any atom is -0.497 e. The van der Waals surface area contributed by atoms with Gasteiger partial charge in [0.25, 0.3) is 15.9 Å². The molecule has 0 aliphatic rings. The molecule has 164 valence electrons. The SMILES string of the molecule is COc1ccc(Br)c(S(=O)(=O)NC(=O)c2cn(-c3cc(Cl)cc(C(F)(F)F)c3)cn2)c1. The number of carbonyl (C=O) groups is 1. The van der Waals surface area contributed by atoms with Crippen molar-refractivity contribution in [1.29, 1.82) is 0 Å². The second kappa shape index (κ2) is 8.52. The van der Waals surface area contributed by atoms with Gasteiger partial charge in [-0.05, 0) is 46.3 Å². The summed E-state index contributed by atoms with van der Waals surface area (Å²) in [5.41, 5.74) is -1.33. The van der Waals surface area contributed by atoms with Gasteiger partial charge in [0.05, 0.1) is 12.7 Å². The number of carbonyl (C=O) groups excluding carboxylic acids is 1. The molecule has 0 aliphatic carbocycles. The van der Waals surface area contributed by atoms with E-state index in [-0.39, 0.29) is 31.5 Å². The van der Waals surface area contributed by atoms with Gasteiger partial charge in [-0.15, -0.1) is 0 Å². The van der Waals surface area contributed by atoms with Crippen molar-refractivity contribution in [3.63, 3.8) is 0 Å². The van der Waals surface area contributed by atoms with E-state index >= 15 is 0 Å². The van der Waals surface area contributed by atoms with E-state index in [2.05, 4.69) is 20.9 Å². The fraction of sp³-hybridized carbons (Fsp3) is 0.111. The fourth-order valence-corrected chi connectivity index (χ4v) is 4.68. The third-order valence-electron chi connectivity index (χ3n) is 3.98. The number of methoxy groups -OCH3 is 1. The largest absolute Gasteiger partial charge is 0.497 e. The lowest BCUT2D eigenvalue weighted by Gasteiger charge is -2.10. The highest BCUT2D eigenvalue weighted by molar-refractivity contribution is 9.10. The molecule has 1 aromatic heterocycles. The number of hydrogen-bond acceptors (Lipinski definition) is 5. The first kappa shape index (κ1) is 23.1. The van der Waals surface area contributed by atoms with Crippen LogP contribution < -0.4 is 9.46 Å². The van der Waals surface area contributed by atoms with E-state index in [1.54, 1.807) is 0 Å². The maximum atomic E-state index is 13.0. The highest BCUT2D eigenvalue weighted by atomic mass is 79.9. The van der Waals surface area contributed by atoms with Gasteiger partial charge in [-0.3, -0.25) is 4.79 Å². The molecule has 1 N–H and O–H groups in total. The van der Waals surface area contributed by atoms with Crippen LogP contribution in [-0.2, 0) is 16.2 Å². The summed E-state index contributed by atoms with van der Waals surface area (Å²) in [6.45, 7) is 0. The summed E-state index contributed by atoms with van der Waals surface area (Å²) >= 11 is 8.86. The van der Waals surface area contributed by atoms with E-state index in [9.17, 15) is 26.4 Å². The Labute approximate surface area is 188 Å². The number of amides is 1. The second-order valence-corrected chi connectivity index (χ2v) is 9.03. The molecule has 0 aliphatic heterocycles. The summed E-state index contributed by atoms with van der Waals surface area (Å²) in [7, 11) is -2.95. The van der Waals surface area contributed by atoms with Crippen LogP contribution in [0.3, 0.4) is 0 Å². The van der Waals surface area contributed by atoms with E-state index < -0.39 is 27.7 Å². The molecule has 3 rings (SSSR count). The quantitative estimate of drug-likeness (QED) is 0.519. The van der Waals surface area contributed by atoms with E-state index in [0.717, 1.165) is 29.2 Å². The molecule has 3 aromatic rings. The van der Waals surface area contributed by atoms with Crippen LogP contribution in [0.4, 0.5) is 13.2 Å². The van der Waals surface area contributed by atoms with Gasteiger partial charge >= 0.3 is 6.18 Å². The summed E-state index contributed by atoms with van der Waals surface area (Å²) in [5, 5.41) is -0.171. The van der Waals surface area contributed by atoms with Crippen molar-refractivity contribution in [2.24, 2.45) is 0 Å². The molecule has 1 amide bonds. The number of benzene rings is 2. The van der Waals surface area contributed by atoms with Gasteiger partial charge in [-0.2, -0.15) is 13.2 Å². The first-order valence-corrected chi connectivity index (χ1v) is 10.9. The van der Waals surface area contributed by atoms with Gasteiger partial charge in [-0.25, -0.2) is 18.1 Å². The number of nitrogens with zero attached hydrogens (tertiary/aromatic N) is 2. The van der Waals surface area contributed by atoms with E-state index in [0.29, 0.717) is 0 Å². The van der Waals surface area contributed by atoms with Crippen LogP contribution >= 0.6 is 27.5 Å². The van der Waals surface area contributed by atoms with Crippen LogP contribution in [0.2, 0.25) is 5.02 Å². The molecule has 7 nitrogen and oxygen atoms in total. The summed E-state index contributed by atoms with van der Waals surface area (Å²) in [4.78, 5) is 15.9. The number of ether oxygens (including phenoxy) is 1. The summed E-state index contributed by atoms with van der Waals surface area (Å²) in [6.07, 6.45) is -2.48. The number of sulfonamides is 1. The molecule has 13 heteroatoms. The van der Waals surface area contributed by atoms with Gasteiger partial charge in [0.2, 0.25) is 0 Å². The Bertz CT molecular complexity index is 1260. The molecule has 0 saturated carbocycles. The molecule has 0 saturated heterocycles. The predicted molar refractivity (Wildman–Crippen MR) is 109 cm³/mol. The van der Waals surface area contributed by atoms with Gasteiger partial charge in [0, 0.05) is 27.4 Å².